The number of ether oxygens (including phenoxy) is 1. The van der Waals surface area contributed by atoms with Crippen LogP contribution in [0.25, 0.3) is 0 Å². The molecule has 3 aromatic rings. The van der Waals surface area contributed by atoms with E-state index in [1.54, 1.807) is 6.08 Å². The molecule has 0 saturated heterocycles. The van der Waals surface area contributed by atoms with Gasteiger partial charge in [0, 0.05) is 46.3 Å². The molecule has 9 saturated carbocycles. The highest BCUT2D eigenvalue weighted by molar-refractivity contribution is 5.86. The zero-order valence-corrected chi connectivity index (χ0v) is 50.1. The largest absolute Gasteiger partial charge is 0.454 e. The number of hydrogen-bond donors (Lipinski definition) is 6. The molecule has 3 spiro atoms. The van der Waals surface area contributed by atoms with Crippen LogP contribution in [0.4, 0.5) is 0 Å². The van der Waals surface area contributed by atoms with Crippen molar-refractivity contribution in [3.05, 3.63) is 117 Å². The van der Waals surface area contributed by atoms with Crippen molar-refractivity contribution in [1.82, 2.24) is 5.32 Å². The molecule has 9 heteroatoms. The average Bonchev–Trinajstić information content (AvgIpc) is 1.20. The minimum atomic E-state index is -1.79. The Kier molecular flexibility index (Phi) is 12.9. The highest BCUT2D eigenvalue weighted by Crippen LogP contribution is 2.80. The van der Waals surface area contributed by atoms with Crippen molar-refractivity contribution in [2.45, 2.75) is 216 Å². The number of carbonyl (C=O) groups is 2. The zero-order chi connectivity index (χ0) is 57.3. The number of aryl methyl sites for hydroxylation is 1. The average molecular weight is 1140 g/mol. The number of hydrogen-bond acceptors (Lipinski definition) is 9. The van der Waals surface area contributed by atoms with E-state index in [1.165, 1.54) is 53.5 Å². The number of likely N-dealkylation sites (N-methyl/N-ethyl adjacent to an activating group) is 1. The lowest BCUT2D eigenvalue weighted by molar-refractivity contribution is -0.356. The van der Waals surface area contributed by atoms with Crippen LogP contribution in [0.2, 0.25) is 0 Å². The summed E-state index contributed by atoms with van der Waals surface area (Å²) in [7, 11) is 1.99. The van der Waals surface area contributed by atoms with Gasteiger partial charge in [0.05, 0.1) is 29.3 Å². The van der Waals surface area contributed by atoms with Gasteiger partial charge in [0.2, 0.25) is 0 Å². The molecule has 16 aliphatic rings. The van der Waals surface area contributed by atoms with Gasteiger partial charge >= 0.3 is 5.97 Å². The van der Waals surface area contributed by atoms with Crippen LogP contribution in [0.1, 0.15) is 186 Å². The number of esters is 1. The summed E-state index contributed by atoms with van der Waals surface area (Å²) in [5.74, 6) is 7.62. The molecule has 84 heavy (non-hydrogen) atoms. The topological polar surface area (TPSA) is 157 Å². The monoisotopic (exact) mass is 1140 g/mol. The van der Waals surface area contributed by atoms with Crippen molar-refractivity contribution < 1.29 is 39.9 Å². The molecule has 1 heterocycles. The SMILES string of the molecule is CNC1Cc2c(cccc2CO)C#CC23CC4CCc5c(cccc5CC4C2)Cc2cccc(c2)CCC2CCC4(C2)CC2(C=O)C5CCC6(C3)C3C7=CC(=O)OC7C1CC3CC6(O)C5(O)CC1CC(C(C)C3CCCC3)CCC(C4O)C12O. The van der Waals surface area contributed by atoms with Crippen molar-refractivity contribution in [2.24, 2.45) is 92.7 Å². The first-order chi connectivity index (χ1) is 40.6. The predicted molar refractivity (Wildman–Crippen MR) is 322 cm³/mol. The third-order valence-corrected chi connectivity index (χ3v) is 28.5. The highest BCUT2D eigenvalue weighted by atomic mass is 16.5. The second kappa shape index (κ2) is 19.7. The van der Waals surface area contributed by atoms with E-state index in [0.29, 0.717) is 87.4 Å². The van der Waals surface area contributed by atoms with Crippen LogP contribution in [0.3, 0.4) is 0 Å². The molecule has 3 aromatic carbocycles. The van der Waals surface area contributed by atoms with Crippen LogP contribution < -0.4 is 5.32 Å². The van der Waals surface area contributed by atoms with Gasteiger partial charge in [-0.05, 0) is 258 Å². The molecule has 6 N–H and O–H groups in total. The van der Waals surface area contributed by atoms with Gasteiger partial charge in [-0.3, -0.25) is 0 Å². The van der Waals surface area contributed by atoms with Gasteiger partial charge in [0.15, 0.2) is 0 Å². The van der Waals surface area contributed by atoms with E-state index in [1.807, 2.05) is 19.2 Å². The van der Waals surface area contributed by atoms with Crippen LogP contribution in [-0.2, 0) is 53.0 Å². The zero-order valence-electron chi connectivity index (χ0n) is 50.1. The molecule has 446 valence electrons. The van der Waals surface area contributed by atoms with Crippen molar-refractivity contribution in [3.63, 3.8) is 0 Å². The molecular weight excluding hydrogens is 1040 g/mol. The maximum Gasteiger partial charge on any atom is 0.331 e. The maximum atomic E-state index is 15.6. The summed E-state index contributed by atoms with van der Waals surface area (Å²) in [6.45, 7) is 2.32. The normalized spacial score (nSPS) is 46.2. The Morgan fingerprint density at radius 2 is 1.60 bits per heavy atom. The lowest BCUT2D eigenvalue weighted by Crippen LogP contribution is -2.82. The Bertz CT molecular complexity index is 3260. The van der Waals surface area contributed by atoms with E-state index >= 15 is 15.0 Å². The lowest BCUT2D eigenvalue weighted by Gasteiger charge is -2.74. The number of aliphatic hydroxyl groups excluding tert-OH is 2. The number of rotatable bonds is 5. The van der Waals surface area contributed by atoms with Crippen LogP contribution in [0.5, 0.6) is 0 Å². The molecule has 15 aliphatic carbocycles. The van der Waals surface area contributed by atoms with Gasteiger partial charge in [-0.2, -0.15) is 0 Å². The summed E-state index contributed by atoms with van der Waals surface area (Å²) in [5.41, 5.74) is 2.12. The van der Waals surface area contributed by atoms with Crippen molar-refractivity contribution >= 4 is 12.3 Å². The minimum absolute atomic E-state index is 0.113. The second-order valence-electron chi connectivity index (χ2n) is 31.6. The van der Waals surface area contributed by atoms with Gasteiger partial charge in [0.1, 0.15) is 18.0 Å². The second-order valence-corrected chi connectivity index (χ2v) is 31.6. The number of fused-ring (bicyclic) bond motifs is 1. The number of aldehydes is 1. The summed E-state index contributed by atoms with van der Waals surface area (Å²) in [4.78, 5) is 29.8. The van der Waals surface area contributed by atoms with Gasteiger partial charge < -0.3 is 40.4 Å². The fourth-order valence-electron chi connectivity index (χ4n) is 25.2. The van der Waals surface area contributed by atoms with Gasteiger partial charge in [-0.25, -0.2) is 4.79 Å². The lowest BCUT2D eigenvalue weighted by atomic mass is 9.33. The summed E-state index contributed by atoms with van der Waals surface area (Å²) >= 11 is 0. The molecule has 21 unspecified atom stereocenters. The van der Waals surface area contributed by atoms with Crippen molar-refractivity contribution in [2.75, 3.05) is 7.05 Å². The van der Waals surface area contributed by atoms with E-state index in [-0.39, 0.29) is 48.7 Å². The highest BCUT2D eigenvalue weighted by Gasteiger charge is 2.85. The first kappa shape index (κ1) is 55.2. The minimum Gasteiger partial charge on any atom is -0.454 e. The molecule has 0 amide bonds. The quantitative estimate of drug-likeness (QED) is 0.0832. The van der Waals surface area contributed by atoms with Gasteiger partial charge in [0.25, 0.3) is 0 Å². The fraction of sp³-hybridized carbons (Fsp3) is 0.680. The summed E-state index contributed by atoms with van der Waals surface area (Å²) in [6.07, 6.45) is 22.3. The predicted octanol–water partition coefficient (Wildman–Crippen LogP) is 10.9. The Balaban J connectivity index is 0.926. The van der Waals surface area contributed by atoms with Crippen LogP contribution in [0.15, 0.2) is 72.3 Å². The molecule has 21 atom stereocenters. The van der Waals surface area contributed by atoms with E-state index < -0.39 is 68.4 Å². The van der Waals surface area contributed by atoms with E-state index in [0.717, 1.165) is 106 Å². The van der Waals surface area contributed by atoms with Crippen LogP contribution in [-0.4, -0.2) is 79.9 Å². The molecule has 19 rings (SSSR count). The number of nitrogens with one attached hydrogen (secondary N) is 1. The smallest absolute Gasteiger partial charge is 0.331 e. The van der Waals surface area contributed by atoms with Crippen LogP contribution in [0, 0.1) is 105 Å². The number of aliphatic hydroxyl groups is 5. The molecule has 1 aliphatic heterocycles. The summed E-state index contributed by atoms with van der Waals surface area (Å²) in [5, 5.41) is 73.8. The van der Waals surface area contributed by atoms with E-state index in [2.05, 4.69) is 72.6 Å². The maximum absolute atomic E-state index is 15.6. The Hall–Kier alpha value is -4.14. The first-order valence-corrected chi connectivity index (χ1v) is 33.9. The van der Waals surface area contributed by atoms with E-state index in [4.69, 9.17) is 4.74 Å². The first-order valence-electron chi connectivity index (χ1n) is 33.9. The Morgan fingerprint density at radius 3 is 2.43 bits per heavy atom. The molecule has 17 bridgehead atoms. The van der Waals surface area contributed by atoms with Gasteiger partial charge in [-0.15, -0.1) is 0 Å². The molecule has 9 fully saturated rings. The molecule has 0 radical (unpaired) electrons. The molecule has 9 nitrogen and oxygen atoms in total. The van der Waals surface area contributed by atoms with Crippen LogP contribution >= 0.6 is 0 Å². The third kappa shape index (κ3) is 7.67. The van der Waals surface area contributed by atoms with Crippen molar-refractivity contribution in [1.29, 1.82) is 0 Å². The number of carbonyl (C=O) groups excluding carboxylic acids is 2. The fourth-order valence-corrected chi connectivity index (χ4v) is 25.2. The van der Waals surface area contributed by atoms with E-state index in [9.17, 15) is 20.1 Å². The Morgan fingerprint density at radius 1 is 0.786 bits per heavy atom. The third-order valence-electron chi connectivity index (χ3n) is 28.5. The molecule has 0 aromatic heterocycles. The standard InChI is InChI=1S/C75H93NO8/c1-44(48-10-3-4-11-48)50-19-21-62-68(80)70-26-22-46(35-70)17-16-45-8-5-9-47(28-45)29-51-13-7-14-52-30-55-37-69(36-53(55)18-20-58(51)52)25-23-49-12-6-15-54(40-77)59(49)33-63(76-2)60-32-56-38-74(82)71(41-69,66(56)61-34-65(79)84-67(60)61)27-24-64-72(42-70,43-78)75(62,83)57(31-50)39-73(64,74)81/h5-9,12-15,28,34,43-44,46,48,50,53,55-57,60,62-64,66-68,76-77,80-83H,3-4,10-11,16-22,24,26-27,29-33,35-42H2,1-2H3. The molecular formula is C75H93NO8. The van der Waals surface area contributed by atoms with Crippen molar-refractivity contribution in [3.8, 4) is 11.8 Å². The van der Waals surface area contributed by atoms with Gasteiger partial charge in [-0.1, -0.05) is 99.0 Å². The summed E-state index contributed by atoms with van der Waals surface area (Å²) < 4.78 is 6.61. The Labute approximate surface area is 499 Å². The number of benzene rings is 3. The summed E-state index contributed by atoms with van der Waals surface area (Å²) in [6, 6.07) is 22.3.